The van der Waals surface area contributed by atoms with Crippen LogP contribution in [0.1, 0.15) is 37.5 Å². The summed E-state index contributed by atoms with van der Waals surface area (Å²) in [7, 11) is 0. The van der Waals surface area contributed by atoms with E-state index in [-0.39, 0.29) is 0 Å². The van der Waals surface area contributed by atoms with Gasteiger partial charge in [-0.05, 0) is 32.4 Å². The topological polar surface area (TPSA) is 69.6 Å². The van der Waals surface area contributed by atoms with E-state index in [2.05, 4.69) is 38.8 Å². The number of hydrogen-bond donors (Lipinski definition) is 0. The van der Waals surface area contributed by atoms with Crippen LogP contribution in [-0.2, 0) is 18.7 Å². The number of rotatable bonds is 7. The molecule has 0 aliphatic heterocycles. The summed E-state index contributed by atoms with van der Waals surface area (Å²) in [5.41, 5.74) is 2.11. The van der Waals surface area contributed by atoms with Crippen molar-refractivity contribution < 1.29 is 4.42 Å². The van der Waals surface area contributed by atoms with Gasteiger partial charge in [0.05, 0.1) is 5.75 Å². The zero-order valence-corrected chi connectivity index (χ0v) is 15.0. The molecule has 126 valence electrons. The Labute approximate surface area is 145 Å². The van der Waals surface area contributed by atoms with Crippen LogP contribution in [0.2, 0.25) is 0 Å². The fourth-order valence-electron chi connectivity index (χ4n) is 2.48. The van der Waals surface area contributed by atoms with Gasteiger partial charge in [0.25, 0.3) is 0 Å². The molecule has 0 amide bonds. The highest BCUT2D eigenvalue weighted by Gasteiger charge is 2.13. The molecule has 2 heterocycles. The van der Waals surface area contributed by atoms with Gasteiger partial charge in [-0.3, -0.25) is 0 Å². The number of nitrogens with zero attached hydrogens (tertiary/aromatic N) is 5. The van der Waals surface area contributed by atoms with E-state index in [1.54, 1.807) is 11.8 Å². The molecule has 0 aliphatic carbocycles. The van der Waals surface area contributed by atoms with Crippen LogP contribution in [0.5, 0.6) is 0 Å². The third-order valence-corrected chi connectivity index (χ3v) is 4.59. The molecule has 24 heavy (non-hydrogen) atoms. The van der Waals surface area contributed by atoms with E-state index in [1.807, 2.05) is 31.2 Å². The Morgan fingerprint density at radius 2 is 2.00 bits per heavy atom. The molecule has 0 unspecified atom stereocenters. The lowest BCUT2D eigenvalue weighted by molar-refractivity contribution is 0.528. The summed E-state index contributed by atoms with van der Waals surface area (Å²) < 4.78 is 7.92. The first-order valence-corrected chi connectivity index (χ1v) is 9.14. The molecule has 0 spiro atoms. The maximum atomic E-state index is 5.77. The van der Waals surface area contributed by atoms with E-state index in [1.165, 1.54) is 5.56 Å². The molecule has 3 aromatic rings. The molecule has 0 saturated carbocycles. The Kier molecular flexibility index (Phi) is 5.30. The fraction of sp³-hybridized carbons (Fsp3) is 0.412. The molecule has 2 aromatic heterocycles. The summed E-state index contributed by atoms with van der Waals surface area (Å²) in [6, 6.07) is 8.04. The van der Waals surface area contributed by atoms with Crippen LogP contribution in [0.15, 0.2) is 33.8 Å². The van der Waals surface area contributed by atoms with Crippen LogP contribution >= 0.6 is 11.8 Å². The molecule has 0 fully saturated rings. The third kappa shape index (κ3) is 3.67. The number of aryl methyl sites for hydroxylation is 2. The van der Waals surface area contributed by atoms with E-state index in [0.717, 1.165) is 35.9 Å². The summed E-state index contributed by atoms with van der Waals surface area (Å²) in [4.78, 5) is 0. The molecule has 0 atom stereocenters. The number of thioether (sulfide) groups is 1. The van der Waals surface area contributed by atoms with Crippen LogP contribution in [0.25, 0.3) is 11.5 Å². The molecular formula is C17H21N5OS. The van der Waals surface area contributed by atoms with Crippen molar-refractivity contribution in [2.24, 2.45) is 0 Å². The van der Waals surface area contributed by atoms with Crippen molar-refractivity contribution in [3.8, 4) is 11.5 Å². The lowest BCUT2D eigenvalue weighted by Gasteiger charge is -2.05. The van der Waals surface area contributed by atoms with E-state index in [4.69, 9.17) is 4.42 Å². The Morgan fingerprint density at radius 3 is 2.75 bits per heavy atom. The van der Waals surface area contributed by atoms with E-state index in [0.29, 0.717) is 17.5 Å². The van der Waals surface area contributed by atoms with Crippen molar-refractivity contribution in [3.63, 3.8) is 0 Å². The van der Waals surface area contributed by atoms with Gasteiger partial charge in [-0.25, -0.2) is 0 Å². The van der Waals surface area contributed by atoms with Gasteiger partial charge < -0.3 is 8.98 Å². The molecule has 6 nitrogen and oxygen atoms in total. The molecule has 0 N–H and O–H groups in total. The molecule has 0 aliphatic rings. The zero-order valence-electron chi connectivity index (χ0n) is 14.2. The first-order chi connectivity index (χ1) is 11.7. The van der Waals surface area contributed by atoms with Crippen LogP contribution in [0, 0.1) is 6.92 Å². The van der Waals surface area contributed by atoms with Crippen LogP contribution in [-0.4, -0.2) is 25.0 Å². The average molecular weight is 343 g/mol. The highest BCUT2D eigenvalue weighted by atomic mass is 32.2. The Bertz CT molecular complexity index is 811. The SMILES string of the molecule is CCCc1nnc(SCc2nnc(-c3cccc(C)c3)o2)n1CC. The summed E-state index contributed by atoms with van der Waals surface area (Å²) in [6.45, 7) is 7.16. The molecule has 0 radical (unpaired) electrons. The summed E-state index contributed by atoms with van der Waals surface area (Å²) >= 11 is 1.58. The Hall–Kier alpha value is -2.15. The smallest absolute Gasteiger partial charge is 0.247 e. The van der Waals surface area contributed by atoms with Gasteiger partial charge in [0.2, 0.25) is 11.8 Å². The third-order valence-electron chi connectivity index (χ3n) is 3.64. The summed E-state index contributed by atoms with van der Waals surface area (Å²) in [6.07, 6.45) is 2.01. The van der Waals surface area contributed by atoms with E-state index in [9.17, 15) is 0 Å². The molecular weight excluding hydrogens is 322 g/mol. The van der Waals surface area contributed by atoms with Crippen molar-refractivity contribution in [2.75, 3.05) is 0 Å². The standard InChI is InChI=1S/C17H21N5OS/c1-4-7-14-18-21-17(22(14)5-2)24-11-15-19-20-16(23-15)13-9-6-8-12(3)10-13/h6,8-10H,4-5,7,11H2,1-3H3. The monoisotopic (exact) mass is 343 g/mol. The van der Waals surface area contributed by atoms with Crippen molar-refractivity contribution in [1.29, 1.82) is 0 Å². The van der Waals surface area contributed by atoms with Crippen molar-refractivity contribution in [2.45, 2.75) is 51.1 Å². The van der Waals surface area contributed by atoms with Crippen LogP contribution in [0.3, 0.4) is 0 Å². The Balaban J connectivity index is 1.70. The first kappa shape index (κ1) is 16.7. The largest absolute Gasteiger partial charge is 0.420 e. The second-order valence-corrected chi connectivity index (χ2v) is 6.49. The quantitative estimate of drug-likeness (QED) is 0.606. The van der Waals surface area contributed by atoms with Gasteiger partial charge in [-0.1, -0.05) is 36.4 Å². The molecule has 0 saturated heterocycles. The number of benzene rings is 1. The number of aromatic nitrogens is 5. The normalized spacial score (nSPS) is 11.1. The molecule has 1 aromatic carbocycles. The predicted molar refractivity (Wildman–Crippen MR) is 93.7 cm³/mol. The van der Waals surface area contributed by atoms with Crippen LogP contribution < -0.4 is 0 Å². The van der Waals surface area contributed by atoms with Crippen LogP contribution in [0.4, 0.5) is 0 Å². The second kappa shape index (κ2) is 7.61. The lowest BCUT2D eigenvalue weighted by atomic mass is 10.1. The maximum Gasteiger partial charge on any atom is 0.247 e. The van der Waals surface area contributed by atoms with Gasteiger partial charge in [0.15, 0.2) is 5.16 Å². The molecule has 7 heteroatoms. The maximum absolute atomic E-state index is 5.77. The highest BCUT2D eigenvalue weighted by Crippen LogP contribution is 2.24. The molecule has 0 bridgehead atoms. The summed E-state index contributed by atoms with van der Waals surface area (Å²) in [5.74, 6) is 2.77. The van der Waals surface area contributed by atoms with E-state index >= 15 is 0 Å². The van der Waals surface area contributed by atoms with Gasteiger partial charge in [-0.2, -0.15) is 0 Å². The average Bonchev–Trinajstić information content (AvgIpc) is 3.20. The van der Waals surface area contributed by atoms with Crippen molar-refractivity contribution >= 4 is 11.8 Å². The zero-order chi connectivity index (χ0) is 16.9. The van der Waals surface area contributed by atoms with Crippen molar-refractivity contribution in [3.05, 3.63) is 41.5 Å². The highest BCUT2D eigenvalue weighted by molar-refractivity contribution is 7.98. The Morgan fingerprint density at radius 1 is 1.12 bits per heavy atom. The van der Waals surface area contributed by atoms with Gasteiger partial charge in [0, 0.05) is 18.5 Å². The van der Waals surface area contributed by atoms with Gasteiger partial charge in [0.1, 0.15) is 5.82 Å². The second-order valence-electron chi connectivity index (χ2n) is 5.55. The van der Waals surface area contributed by atoms with Crippen molar-refractivity contribution in [1.82, 2.24) is 25.0 Å². The lowest BCUT2D eigenvalue weighted by Crippen LogP contribution is -2.03. The van der Waals surface area contributed by atoms with Gasteiger partial charge in [-0.15, -0.1) is 20.4 Å². The van der Waals surface area contributed by atoms with Gasteiger partial charge >= 0.3 is 0 Å². The predicted octanol–water partition coefficient (Wildman–Crippen LogP) is 3.90. The summed E-state index contributed by atoms with van der Waals surface area (Å²) in [5, 5.41) is 17.7. The minimum atomic E-state index is 0.554. The minimum Gasteiger partial charge on any atom is -0.420 e. The fourth-order valence-corrected chi connectivity index (χ4v) is 3.34. The minimum absolute atomic E-state index is 0.554. The number of hydrogen-bond acceptors (Lipinski definition) is 6. The first-order valence-electron chi connectivity index (χ1n) is 8.15. The molecule has 3 rings (SSSR count). The van der Waals surface area contributed by atoms with E-state index < -0.39 is 0 Å².